The number of methoxy groups -OCH3 is 1. The molecule has 3 aliphatic rings. The Morgan fingerprint density at radius 1 is 1.30 bits per heavy atom. The van der Waals surface area contributed by atoms with E-state index in [0.717, 1.165) is 12.8 Å². The van der Waals surface area contributed by atoms with Gasteiger partial charge in [0.25, 0.3) is 15.9 Å². The van der Waals surface area contributed by atoms with Crippen molar-refractivity contribution >= 4 is 37.5 Å². The number of rotatable bonds is 6. The summed E-state index contributed by atoms with van der Waals surface area (Å²) in [4.78, 5) is 14.5. The van der Waals surface area contributed by atoms with Crippen LogP contribution < -0.4 is 14.8 Å². The van der Waals surface area contributed by atoms with E-state index >= 15 is 0 Å². The Bertz CT molecular complexity index is 1200. The molecule has 2 aliphatic heterocycles. The minimum Gasteiger partial charge on any atom is -0.495 e. The first-order valence-corrected chi connectivity index (χ1v) is 12.3. The number of anilines is 1. The van der Waals surface area contributed by atoms with Crippen molar-refractivity contribution in [2.45, 2.75) is 23.8 Å². The van der Waals surface area contributed by atoms with Crippen LogP contribution >= 0.6 is 0 Å². The van der Waals surface area contributed by atoms with Crippen molar-refractivity contribution in [1.82, 2.24) is 9.62 Å². The van der Waals surface area contributed by atoms with E-state index in [0.29, 0.717) is 0 Å². The van der Waals surface area contributed by atoms with E-state index in [-0.39, 0.29) is 46.1 Å². The van der Waals surface area contributed by atoms with Crippen LogP contribution in [0.2, 0.25) is 0 Å². The first kappa shape index (κ1) is 20.6. The molecular formula is C18H20N4O6S2. The SMILES string of the molecule is COc1ccc(S(=O)(=O)NC2CC2)cc1NC(=O)C1=CC=CN2CCS(=O)(=O)N=C12. The lowest BCUT2D eigenvalue weighted by Crippen LogP contribution is -2.40. The average molecular weight is 453 g/mol. The van der Waals surface area contributed by atoms with Crippen LogP contribution in [0, 0.1) is 0 Å². The van der Waals surface area contributed by atoms with Gasteiger partial charge in [-0.2, -0.15) is 0 Å². The van der Waals surface area contributed by atoms with Gasteiger partial charge in [-0.15, -0.1) is 4.40 Å². The molecule has 10 nitrogen and oxygen atoms in total. The van der Waals surface area contributed by atoms with Gasteiger partial charge < -0.3 is 15.0 Å². The Hall–Kier alpha value is -2.70. The standard InChI is InChI=1S/C18H20N4O6S2/c1-28-16-7-6-13(30(26,27)20-12-4-5-12)11-15(16)19-18(23)14-3-2-8-22-9-10-29(24,25)21-17(14)22/h2-3,6-8,11-12,20H,4-5,9-10H2,1H3,(H,19,23). The molecule has 0 spiro atoms. The number of benzene rings is 1. The molecule has 1 fully saturated rings. The highest BCUT2D eigenvalue weighted by atomic mass is 32.2. The Morgan fingerprint density at radius 3 is 2.77 bits per heavy atom. The van der Waals surface area contributed by atoms with E-state index in [9.17, 15) is 21.6 Å². The quantitative estimate of drug-likeness (QED) is 0.644. The topological polar surface area (TPSA) is 134 Å². The van der Waals surface area contributed by atoms with E-state index in [1.54, 1.807) is 17.2 Å². The van der Waals surface area contributed by atoms with Gasteiger partial charge in [0, 0.05) is 18.8 Å². The van der Waals surface area contributed by atoms with Gasteiger partial charge in [0.05, 0.1) is 29.0 Å². The number of amidine groups is 1. The fourth-order valence-corrected chi connectivity index (χ4v) is 5.34. The van der Waals surface area contributed by atoms with Gasteiger partial charge in [-0.25, -0.2) is 21.6 Å². The second-order valence-corrected chi connectivity index (χ2v) is 10.5. The molecule has 2 N–H and O–H groups in total. The van der Waals surface area contributed by atoms with Crippen molar-refractivity contribution in [2.24, 2.45) is 4.40 Å². The van der Waals surface area contributed by atoms with Crippen LogP contribution in [0.4, 0.5) is 5.69 Å². The Kier molecular flexibility index (Phi) is 5.16. The molecule has 160 valence electrons. The van der Waals surface area contributed by atoms with Crippen molar-refractivity contribution < 1.29 is 26.4 Å². The maximum atomic E-state index is 12.9. The van der Waals surface area contributed by atoms with Crippen LogP contribution in [0.1, 0.15) is 12.8 Å². The lowest BCUT2D eigenvalue weighted by atomic mass is 10.1. The Labute approximate surface area is 174 Å². The van der Waals surface area contributed by atoms with Crippen molar-refractivity contribution in [3.05, 3.63) is 42.1 Å². The molecular weight excluding hydrogens is 432 g/mol. The first-order chi connectivity index (χ1) is 14.2. The maximum Gasteiger partial charge on any atom is 0.259 e. The molecule has 1 saturated carbocycles. The molecule has 0 aromatic heterocycles. The van der Waals surface area contributed by atoms with Crippen LogP contribution in [0.25, 0.3) is 0 Å². The molecule has 0 radical (unpaired) electrons. The van der Waals surface area contributed by atoms with Gasteiger partial charge in [0.1, 0.15) is 5.75 Å². The number of carbonyl (C=O) groups excluding carboxylic acids is 1. The molecule has 1 amide bonds. The summed E-state index contributed by atoms with van der Waals surface area (Å²) in [5, 5.41) is 2.61. The third-order valence-corrected chi connectivity index (χ3v) is 7.40. The number of sulfonamides is 2. The van der Waals surface area contributed by atoms with E-state index in [4.69, 9.17) is 4.74 Å². The second kappa shape index (κ2) is 7.52. The summed E-state index contributed by atoms with van der Waals surface area (Å²) in [5.41, 5.74) is 0.189. The number of fused-ring (bicyclic) bond motifs is 1. The molecule has 12 heteroatoms. The normalized spacial score (nSPS) is 20.1. The molecule has 0 saturated heterocycles. The largest absolute Gasteiger partial charge is 0.495 e. The number of nitrogens with one attached hydrogen (secondary N) is 2. The van der Waals surface area contributed by atoms with Crippen LogP contribution in [0.5, 0.6) is 5.75 Å². The zero-order valence-electron chi connectivity index (χ0n) is 16.0. The summed E-state index contributed by atoms with van der Waals surface area (Å²) in [6.45, 7) is 0.187. The molecule has 0 atom stereocenters. The summed E-state index contributed by atoms with van der Waals surface area (Å²) in [6.07, 6.45) is 6.29. The average Bonchev–Trinajstić information content (AvgIpc) is 3.50. The Morgan fingerprint density at radius 2 is 2.07 bits per heavy atom. The van der Waals surface area contributed by atoms with Gasteiger partial charge in [-0.1, -0.05) is 0 Å². The number of ether oxygens (including phenoxy) is 1. The molecule has 0 bridgehead atoms. The number of amides is 1. The van der Waals surface area contributed by atoms with Gasteiger partial charge in [-0.05, 0) is 43.2 Å². The fourth-order valence-electron chi connectivity index (χ4n) is 3.02. The van der Waals surface area contributed by atoms with E-state index in [2.05, 4.69) is 14.4 Å². The second-order valence-electron chi connectivity index (χ2n) is 7.03. The van der Waals surface area contributed by atoms with Crippen molar-refractivity contribution in [3.63, 3.8) is 0 Å². The van der Waals surface area contributed by atoms with Gasteiger partial charge >= 0.3 is 0 Å². The van der Waals surface area contributed by atoms with Crippen LogP contribution in [-0.4, -0.2) is 58.9 Å². The smallest absolute Gasteiger partial charge is 0.259 e. The molecule has 1 aliphatic carbocycles. The highest BCUT2D eigenvalue weighted by Crippen LogP contribution is 2.30. The van der Waals surface area contributed by atoms with Gasteiger partial charge in [-0.3, -0.25) is 4.79 Å². The Balaban J connectivity index is 1.64. The summed E-state index contributed by atoms with van der Waals surface area (Å²) in [6, 6.07) is 4.08. The lowest BCUT2D eigenvalue weighted by Gasteiger charge is -2.28. The zero-order valence-corrected chi connectivity index (χ0v) is 17.7. The highest BCUT2D eigenvalue weighted by molar-refractivity contribution is 7.90. The van der Waals surface area contributed by atoms with Gasteiger partial charge in [0.15, 0.2) is 5.84 Å². The number of nitrogens with zero attached hydrogens (tertiary/aromatic N) is 2. The monoisotopic (exact) mass is 452 g/mol. The van der Waals surface area contributed by atoms with Crippen LogP contribution in [-0.2, 0) is 24.8 Å². The molecule has 1 aromatic carbocycles. The third-order valence-electron chi connectivity index (χ3n) is 4.73. The van der Waals surface area contributed by atoms with E-state index in [1.807, 2.05) is 0 Å². The first-order valence-electron chi connectivity index (χ1n) is 9.18. The summed E-state index contributed by atoms with van der Waals surface area (Å²) in [7, 11) is -6.00. The van der Waals surface area contributed by atoms with Crippen LogP contribution in [0.3, 0.4) is 0 Å². The minimum atomic E-state index is -3.73. The number of hydrogen-bond donors (Lipinski definition) is 2. The molecule has 2 heterocycles. The third kappa shape index (κ3) is 4.25. The van der Waals surface area contributed by atoms with Crippen molar-refractivity contribution in [2.75, 3.05) is 24.7 Å². The maximum absolute atomic E-state index is 12.9. The number of carbonyl (C=O) groups is 1. The number of allylic oxidation sites excluding steroid dienone is 2. The fraction of sp³-hybridized carbons (Fsp3) is 0.333. The summed E-state index contributed by atoms with van der Waals surface area (Å²) < 4.78 is 60.3. The predicted molar refractivity (Wildman–Crippen MR) is 110 cm³/mol. The summed E-state index contributed by atoms with van der Waals surface area (Å²) in [5.74, 6) is -0.490. The van der Waals surface area contributed by atoms with Crippen molar-refractivity contribution in [1.29, 1.82) is 0 Å². The predicted octanol–water partition coefficient (Wildman–Crippen LogP) is 0.572. The van der Waals surface area contributed by atoms with Crippen LogP contribution in [0.15, 0.2) is 51.4 Å². The van der Waals surface area contributed by atoms with E-state index in [1.165, 1.54) is 31.4 Å². The van der Waals surface area contributed by atoms with E-state index < -0.39 is 26.0 Å². The number of hydrogen-bond acceptors (Lipinski definition) is 7. The van der Waals surface area contributed by atoms with Gasteiger partial charge in [0.2, 0.25) is 10.0 Å². The molecule has 1 aromatic rings. The zero-order chi connectivity index (χ0) is 21.5. The highest BCUT2D eigenvalue weighted by Gasteiger charge is 2.31. The molecule has 30 heavy (non-hydrogen) atoms. The van der Waals surface area contributed by atoms with Crippen molar-refractivity contribution in [3.8, 4) is 5.75 Å². The minimum absolute atomic E-state index is 0.0118. The molecule has 0 unspecified atom stereocenters. The lowest BCUT2D eigenvalue weighted by molar-refractivity contribution is -0.112. The molecule has 4 rings (SSSR count). The summed E-state index contributed by atoms with van der Waals surface area (Å²) >= 11 is 0.